The topological polar surface area (TPSA) is 24.5 Å². The standard InChI is InChI=1S/C10H18N2O/c1-8(2)4-12-6-10(7-12)5-11-9(3)13-10/h8,11H,3-7H2,1-2H3. The van der Waals surface area contributed by atoms with Gasteiger partial charge in [-0.3, -0.25) is 4.90 Å². The molecule has 2 aliphatic rings. The SMILES string of the molecule is C=C1NCC2(CN(CC(C)C)C2)O1. The monoisotopic (exact) mass is 182 g/mol. The van der Waals surface area contributed by atoms with Crippen LogP contribution in [0.25, 0.3) is 0 Å². The molecule has 2 aliphatic heterocycles. The van der Waals surface area contributed by atoms with Crippen LogP contribution < -0.4 is 5.32 Å². The highest BCUT2D eigenvalue weighted by atomic mass is 16.5. The predicted molar refractivity (Wildman–Crippen MR) is 52.2 cm³/mol. The molecule has 3 nitrogen and oxygen atoms in total. The Balaban J connectivity index is 1.80. The molecule has 0 aromatic carbocycles. The van der Waals surface area contributed by atoms with Crippen LogP contribution in [0.1, 0.15) is 13.8 Å². The zero-order valence-corrected chi connectivity index (χ0v) is 8.47. The van der Waals surface area contributed by atoms with Crippen molar-refractivity contribution >= 4 is 0 Å². The Kier molecular flexibility index (Phi) is 1.99. The minimum Gasteiger partial charge on any atom is -0.469 e. The molecule has 2 fully saturated rings. The highest BCUT2D eigenvalue weighted by Crippen LogP contribution is 2.30. The van der Waals surface area contributed by atoms with Crippen LogP contribution in [0, 0.1) is 5.92 Å². The maximum Gasteiger partial charge on any atom is 0.180 e. The molecule has 0 radical (unpaired) electrons. The molecule has 3 heteroatoms. The van der Waals surface area contributed by atoms with E-state index in [1.807, 2.05) is 0 Å². The number of ether oxygens (including phenoxy) is 1. The number of likely N-dealkylation sites (tertiary alicyclic amines) is 1. The van der Waals surface area contributed by atoms with Crippen molar-refractivity contribution < 1.29 is 4.74 Å². The summed E-state index contributed by atoms with van der Waals surface area (Å²) in [5, 5.41) is 3.14. The maximum atomic E-state index is 5.65. The van der Waals surface area contributed by atoms with E-state index >= 15 is 0 Å². The quantitative estimate of drug-likeness (QED) is 0.683. The fourth-order valence-corrected chi connectivity index (χ4v) is 2.18. The minimum atomic E-state index is 0.0615. The molecule has 1 spiro atoms. The lowest BCUT2D eigenvalue weighted by atomic mass is 9.93. The van der Waals surface area contributed by atoms with Crippen molar-refractivity contribution in [2.45, 2.75) is 19.4 Å². The first-order chi connectivity index (χ1) is 6.10. The van der Waals surface area contributed by atoms with Crippen molar-refractivity contribution in [2.75, 3.05) is 26.2 Å². The molecule has 0 bridgehead atoms. The molecule has 74 valence electrons. The number of hydrogen-bond acceptors (Lipinski definition) is 3. The van der Waals surface area contributed by atoms with Gasteiger partial charge in [0.2, 0.25) is 0 Å². The molecular formula is C10H18N2O. The van der Waals surface area contributed by atoms with E-state index in [1.165, 1.54) is 6.54 Å². The average molecular weight is 182 g/mol. The van der Waals surface area contributed by atoms with Gasteiger partial charge in [0.15, 0.2) is 11.5 Å². The van der Waals surface area contributed by atoms with E-state index < -0.39 is 0 Å². The third-order valence-electron chi connectivity index (χ3n) is 2.59. The lowest BCUT2D eigenvalue weighted by molar-refractivity contribution is -0.0870. The van der Waals surface area contributed by atoms with E-state index in [4.69, 9.17) is 4.74 Å². The Bertz CT molecular complexity index is 219. The summed E-state index contributed by atoms with van der Waals surface area (Å²) in [6.45, 7) is 12.5. The lowest BCUT2D eigenvalue weighted by Crippen LogP contribution is -2.64. The molecular weight excluding hydrogens is 164 g/mol. The van der Waals surface area contributed by atoms with Gasteiger partial charge in [0.25, 0.3) is 0 Å². The first-order valence-electron chi connectivity index (χ1n) is 4.94. The van der Waals surface area contributed by atoms with Crippen molar-refractivity contribution in [1.82, 2.24) is 10.2 Å². The molecule has 1 N–H and O–H groups in total. The lowest BCUT2D eigenvalue weighted by Gasteiger charge is -2.46. The summed E-state index contributed by atoms with van der Waals surface area (Å²) in [4.78, 5) is 2.44. The Labute approximate surface area is 79.7 Å². The van der Waals surface area contributed by atoms with E-state index in [0.717, 1.165) is 31.4 Å². The smallest absolute Gasteiger partial charge is 0.180 e. The highest BCUT2D eigenvalue weighted by Gasteiger charge is 2.48. The van der Waals surface area contributed by atoms with Crippen molar-refractivity contribution in [3.8, 4) is 0 Å². The first kappa shape index (κ1) is 8.88. The van der Waals surface area contributed by atoms with Gasteiger partial charge >= 0.3 is 0 Å². The Morgan fingerprint density at radius 3 is 2.77 bits per heavy atom. The molecule has 2 rings (SSSR count). The second-order valence-electron chi connectivity index (χ2n) is 4.63. The van der Waals surface area contributed by atoms with E-state index in [0.29, 0.717) is 0 Å². The van der Waals surface area contributed by atoms with Gasteiger partial charge in [-0.15, -0.1) is 0 Å². The molecule has 0 amide bonds. The van der Waals surface area contributed by atoms with Crippen molar-refractivity contribution in [1.29, 1.82) is 0 Å². The third kappa shape index (κ3) is 1.66. The van der Waals surface area contributed by atoms with Gasteiger partial charge < -0.3 is 10.1 Å². The first-order valence-corrected chi connectivity index (χ1v) is 4.94. The van der Waals surface area contributed by atoms with Crippen LogP contribution in [0.15, 0.2) is 12.5 Å². The Morgan fingerprint density at radius 1 is 1.62 bits per heavy atom. The van der Waals surface area contributed by atoms with Crippen LogP contribution >= 0.6 is 0 Å². The molecule has 0 aromatic rings. The summed E-state index contributed by atoms with van der Waals surface area (Å²) in [6, 6.07) is 0. The van der Waals surface area contributed by atoms with Crippen LogP contribution in [-0.2, 0) is 4.74 Å². The molecule has 2 heterocycles. The average Bonchev–Trinajstić information content (AvgIpc) is 2.29. The molecule has 2 saturated heterocycles. The Morgan fingerprint density at radius 2 is 2.31 bits per heavy atom. The molecule has 0 saturated carbocycles. The molecule has 13 heavy (non-hydrogen) atoms. The molecule has 0 unspecified atom stereocenters. The van der Waals surface area contributed by atoms with Crippen LogP contribution in [-0.4, -0.2) is 36.7 Å². The fraction of sp³-hybridized carbons (Fsp3) is 0.800. The molecule has 0 atom stereocenters. The summed E-state index contributed by atoms with van der Waals surface area (Å²) in [5.41, 5.74) is 0.0615. The van der Waals surface area contributed by atoms with Crippen LogP contribution in [0.3, 0.4) is 0 Å². The summed E-state index contributed by atoms with van der Waals surface area (Å²) in [6.07, 6.45) is 0. The Hall–Kier alpha value is -0.700. The zero-order valence-electron chi connectivity index (χ0n) is 8.47. The van der Waals surface area contributed by atoms with E-state index in [1.54, 1.807) is 0 Å². The third-order valence-corrected chi connectivity index (χ3v) is 2.59. The summed E-state index contributed by atoms with van der Waals surface area (Å²) in [7, 11) is 0. The number of nitrogens with one attached hydrogen (secondary N) is 1. The number of rotatable bonds is 2. The van der Waals surface area contributed by atoms with Crippen LogP contribution in [0.5, 0.6) is 0 Å². The van der Waals surface area contributed by atoms with Crippen molar-refractivity contribution in [3.05, 3.63) is 12.5 Å². The van der Waals surface area contributed by atoms with Crippen molar-refractivity contribution in [2.24, 2.45) is 5.92 Å². The van der Waals surface area contributed by atoms with E-state index in [-0.39, 0.29) is 5.60 Å². The van der Waals surface area contributed by atoms with Gasteiger partial charge in [-0.1, -0.05) is 13.8 Å². The van der Waals surface area contributed by atoms with Gasteiger partial charge in [-0.2, -0.15) is 0 Å². The second-order valence-corrected chi connectivity index (χ2v) is 4.63. The molecule has 0 aliphatic carbocycles. The van der Waals surface area contributed by atoms with Crippen molar-refractivity contribution in [3.63, 3.8) is 0 Å². The van der Waals surface area contributed by atoms with E-state index in [2.05, 4.69) is 30.6 Å². The fourth-order valence-electron chi connectivity index (χ4n) is 2.18. The number of hydrogen-bond donors (Lipinski definition) is 1. The van der Waals surface area contributed by atoms with E-state index in [9.17, 15) is 0 Å². The number of nitrogens with zero attached hydrogens (tertiary/aromatic N) is 1. The minimum absolute atomic E-state index is 0.0615. The summed E-state index contributed by atoms with van der Waals surface area (Å²) >= 11 is 0. The zero-order chi connectivity index (χ0) is 9.47. The second kappa shape index (κ2) is 2.91. The van der Waals surface area contributed by atoms with Gasteiger partial charge in [0.1, 0.15) is 0 Å². The van der Waals surface area contributed by atoms with Crippen LogP contribution in [0.4, 0.5) is 0 Å². The maximum absolute atomic E-state index is 5.65. The van der Waals surface area contributed by atoms with Gasteiger partial charge in [-0.05, 0) is 12.5 Å². The molecule has 0 aromatic heterocycles. The normalized spacial score (nSPS) is 25.9. The summed E-state index contributed by atoms with van der Waals surface area (Å²) in [5.74, 6) is 1.49. The van der Waals surface area contributed by atoms with Gasteiger partial charge in [0.05, 0.1) is 6.54 Å². The largest absolute Gasteiger partial charge is 0.469 e. The summed E-state index contributed by atoms with van der Waals surface area (Å²) < 4.78 is 5.65. The predicted octanol–water partition coefficient (Wildman–Crippen LogP) is 0.788. The highest BCUT2D eigenvalue weighted by molar-refractivity contribution is 5.08. The van der Waals surface area contributed by atoms with Crippen LogP contribution in [0.2, 0.25) is 0 Å². The van der Waals surface area contributed by atoms with Gasteiger partial charge in [-0.25, -0.2) is 0 Å². The van der Waals surface area contributed by atoms with Gasteiger partial charge in [0, 0.05) is 19.6 Å².